The third kappa shape index (κ3) is 3.25. The average Bonchev–Trinajstić information content (AvgIpc) is 3.08. The molecule has 2 aromatic heterocycles. The number of anilines is 1. The summed E-state index contributed by atoms with van der Waals surface area (Å²) in [5.41, 5.74) is 0.475. The van der Waals surface area contributed by atoms with E-state index in [4.69, 9.17) is 4.52 Å². The van der Waals surface area contributed by atoms with Crippen molar-refractivity contribution in [1.82, 2.24) is 25.1 Å². The largest absolute Gasteiger partial charge is 0.340 e. The minimum atomic E-state index is -3.89. The van der Waals surface area contributed by atoms with Crippen LogP contribution in [0.15, 0.2) is 33.7 Å². The molecule has 0 aliphatic rings. The van der Waals surface area contributed by atoms with Gasteiger partial charge < -0.3 is 4.52 Å². The normalized spacial score (nSPS) is 11.6. The van der Waals surface area contributed by atoms with Crippen LogP contribution in [0.25, 0.3) is 0 Å². The first kappa shape index (κ1) is 16.1. The molecule has 126 valence electrons. The van der Waals surface area contributed by atoms with Gasteiger partial charge in [0.15, 0.2) is 11.6 Å². The number of sulfonamides is 1. The minimum Gasteiger partial charge on any atom is -0.340 e. The van der Waals surface area contributed by atoms with Crippen LogP contribution in [0, 0.1) is 19.7 Å². The van der Waals surface area contributed by atoms with Crippen molar-refractivity contribution in [3.8, 4) is 0 Å². The Morgan fingerprint density at radius 1 is 1.25 bits per heavy atom. The summed E-state index contributed by atoms with van der Waals surface area (Å²) in [5.74, 6) is 0.361. The highest BCUT2D eigenvalue weighted by molar-refractivity contribution is 7.92. The van der Waals surface area contributed by atoms with Crippen LogP contribution < -0.4 is 4.72 Å². The zero-order chi connectivity index (χ0) is 17.3. The molecule has 3 rings (SSSR count). The number of aryl methyl sites for hydroxylation is 1. The Bertz CT molecular complexity index is 964. The van der Waals surface area contributed by atoms with Gasteiger partial charge in [0, 0.05) is 6.92 Å². The van der Waals surface area contributed by atoms with E-state index in [0.29, 0.717) is 17.4 Å². The van der Waals surface area contributed by atoms with Gasteiger partial charge in [-0.2, -0.15) is 4.98 Å². The summed E-state index contributed by atoms with van der Waals surface area (Å²) < 4.78 is 46.1. The Labute approximate surface area is 136 Å². The number of hydrogen-bond acceptors (Lipinski definition) is 7. The fourth-order valence-electron chi connectivity index (χ4n) is 1.94. The molecular formula is C13H13FN6O3S. The van der Waals surface area contributed by atoms with Crippen LogP contribution >= 0.6 is 0 Å². The van der Waals surface area contributed by atoms with Gasteiger partial charge in [-0.3, -0.25) is 4.72 Å². The number of halogens is 1. The van der Waals surface area contributed by atoms with Gasteiger partial charge in [-0.15, -0.1) is 5.10 Å². The molecule has 11 heteroatoms. The van der Waals surface area contributed by atoms with Gasteiger partial charge in [0.25, 0.3) is 10.0 Å². The Morgan fingerprint density at radius 3 is 2.58 bits per heavy atom. The molecule has 9 nitrogen and oxygen atoms in total. The lowest BCUT2D eigenvalue weighted by atomic mass is 10.4. The zero-order valence-electron chi connectivity index (χ0n) is 12.8. The number of hydrogen-bond donors (Lipinski definition) is 1. The summed E-state index contributed by atoms with van der Waals surface area (Å²) in [7, 11) is -3.89. The Balaban J connectivity index is 1.82. The molecule has 0 fully saturated rings. The second kappa shape index (κ2) is 6.00. The van der Waals surface area contributed by atoms with E-state index in [1.807, 2.05) is 0 Å². The molecule has 1 aromatic carbocycles. The smallest absolute Gasteiger partial charge is 0.263 e. The summed E-state index contributed by atoms with van der Waals surface area (Å²) in [5, 5.41) is 11.4. The van der Waals surface area contributed by atoms with E-state index < -0.39 is 15.8 Å². The van der Waals surface area contributed by atoms with Crippen molar-refractivity contribution >= 4 is 15.8 Å². The van der Waals surface area contributed by atoms with Crippen LogP contribution in [-0.2, 0) is 16.6 Å². The van der Waals surface area contributed by atoms with Gasteiger partial charge in [0.05, 0.1) is 10.6 Å². The lowest BCUT2D eigenvalue weighted by Crippen LogP contribution is -2.14. The summed E-state index contributed by atoms with van der Waals surface area (Å²) in [4.78, 5) is 3.97. The van der Waals surface area contributed by atoms with Crippen molar-refractivity contribution in [2.75, 3.05) is 4.72 Å². The fraction of sp³-hybridized carbons (Fsp3) is 0.231. The van der Waals surface area contributed by atoms with Crippen molar-refractivity contribution in [2.24, 2.45) is 0 Å². The summed E-state index contributed by atoms with van der Waals surface area (Å²) in [6.45, 7) is 3.50. The van der Waals surface area contributed by atoms with Crippen molar-refractivity contribution in [3.63, 3.8) is 0 Å². The molecule has 24 heavy (non-hydrogen) atoms. The van der Waals surface area contributed by atoms with Gasteiger partial charge >= 0.3 is 0 Å². The molecular weight excluding hydrogens is 339 g/mol. The number of nitrogens with zero attached hydrogens (tertiary/aromatic N) is 5. The second-order valence-electron chi connectivity index (χ2n) is 4.97. The van der Waals surface area contributed by atoms with Gasteiger partial charge in [0.2, 0.25) is 5.89 Å². The van der Waals surface area contributed by atoms with Crippen molar-refractivity contribution in [2.45, 2.75) is 25.3 Å². The minimum absolute atomic E-state index is 0.0690. The molecule has 0 amide bonds. The van der Waals surface area contributed by atoms with Crippen LogP contribution in [0.4, 0.5) is 10.2 Å². The molecule has 0 aliphatic carbocycles. The summed E-state index contributed by atoms with van der Waals surface area (Å²) >= 11 is 0. The standard InChI is InChI=1S/C13H13FN6O3S/c1-8-13(16-19-20(8)7-12-15-9(2)23-17-12)18-24(21,22)11-5-3-10(14)4-6-11/h3-6,18H,7H2,1-2H3. The SMILES string of the molecule is Cc1nc(Cn2nnc(NS(=O)(=O)c3ccc(F)cc3)c2C)no1. The lowest BCUT2D eigenvalue weighted by Gasteiger charge is -2.06. The molecule has 0 unspecified atom stereocenters. The highest BCUT2D eigenvalue weighted by atomic mass is 32.2. The molecule has 0 saturated carbocycles. The van der Waals surface area contributed by atoms with E-state index in [0.717, 1.165) is 12.1 Å². The van der Waals surface area contributed by atoms with Gasteiger partial charge in [-0.1, -0.05) is 10.4 Å². The lowest BCUT2D eigenvalue weighted by molar-refractivity contribution is 0.384. The summed E-state index contributed by atoms with van der Waals surface area (Å²) in [6.07, 6.45) is 0. The Morgan fingerprint density at radius 2 is 1.96 bits per heavy atom. The maximum Gasteiger partial charge on any atom is 0.263 e. The van der Waals surface area contributed by atoms with E-state index in [9.17, 15) is 12.8 Å². The first-order valence-corrected chi connectivity index (χ1v) is 8.31. The van der Waals surface area contributed by atoms with Crippen LogP contribution in [0.1, 0.15) is 17.4 Å². The predicted molar refractivity (Wildman–Crippen MR) is 80.1 cm³/mol. The number of aromatic nitrogens is 5. The molecule has 3 aromatic rings. The average molecular weight is 352 g/mol. The first-order chi connectivity index (χ1) is 11.3. The van der Waals surface area contributed by atoms with Crippen molar-refractivity contribution in [1.29, 1.82) is 0 Å². The molecule has 0 bridgehead atoms. The molecule has 1 N–H and O–H groups in total. The Kier molecular flexibility index (Phi) is 4.01. The maximum absolute atomic E-state index is 12.9. The number of nitrogens with one attached hydrogen (secondary N) is 1. The third-order valence-corrected chi connectivity index (χ3v) is 4.55. The maximum atomic E-state index is 12.9. The van der Waals surface area contributed by atoms with Crippen LogP contribution in [0.2, 0.25) is 0 Å². The zero-order valence-corrected chi connectivity index (χ0v) is 13.6. The quantitative estimate of drug-likeness (QED) is 0.735. The fourth-order valence-corrected chi connectivity index (χ4v) is 3.00. The van der Waals surface area contributed by atoms with Crippen LogP contribution in [0.5, 0.6) is 0 Å². The topological polar surface area (TPSA) is 116 Å². The molecule has 0 aliphatic heterocycles. The van der Waals surface area contributed by atoms with Gasteiger partial charge in [0.1, 0.15) is 12.4 Å². The highest BCUT2D eigenvalue weighted by Gasteiger charge is 2.19. The molecule has 0 saturated heterocycles. The molecule has 2 heterocycles. The Hall–Kier alpha value is -2.82. The van der Waals surface area contributed by atoms with Crippen LogP contribution in [0.3, 0.4) is 0 Å². The molecule has 0 radical (unpaired) electrons. The number of rotatable bonds is 5. The van der Waals surface area contributed by atoms with E-state index >= 15 is 0 Å². The molecule has 0 atom stereocenters. The second-order valence-corrected chi connectivity index (χ2v) is 6.65. The monoisotopic (exact) mass is 352 g/mol. The van der Waals surface area contributed by atoms with Crippen molar-refractivity contribution < 1.29 is 17.3 Å². The van der Waals surface area contributed by atoms with E-state index in [1.165, 1.54) is 16.8 Å². The first-order valence-electron chi connectivity index (χ1n) is 6.83. The third-order valence-electron chi connectivity index (χ3n) is 3.20. The van der Waals surface area contributed by atoms with Gasteiger partial charge in [-0.05, 0) is 31.2 Å². The predicted octanol–water partition coefficient (Wildman–Crippen LogP) is 1.27. The van der Waals surface area contributed by atoms with E-state index in [2.05, 4.69) is 25.2 Å². The van der Waals surface area contributed by atoms with Crippen molar-refractivity contribution in [3.05, 3.63) is 47.5 Å². The highest BCUT2D eigenvalue weighted by Crippen LogP contribution is 2.18. The van der Waals surface area contributed by atoms with Gasteiger partial charge in [-0.25, -0.2) is 17.5 Å². The van der Waals surface area contributed by atoms with Crippen LogP contribution in [-0.4, -0.2) is 33.6 Å². The number of benzene rings is 1. The molecule has 0 spiro atoms. The van der Waals surface area contributed by atoms with E-state index in [1.54, 1.807) is 13.8 Å². The summed E-state index contributed by atoms with van der Waals surface area (Å²) in [6, 6.07) is 4.46. The van der Waals surface area contributed by atoms with E-state index in [-0.39, 0.29) is 17.3 Å².